The molecule has 106 valence electrons. The van der Waals surface area contributed by atoms with Crippen molar-refractivity contribution in [3.05, 3.63) is 42.7 Å². The average molecular weight is 269 g/mol. The van der Waals surface area contributed by atoms with Gasteiger partial charge in [0.1, 0.15) is 0 Å². The Bertz CT molecular complexity index is 512. The molecule has 2 aromatic rings. The first kappa shape index (κ1) is 13.2. The summed E-state index contributed by atoms with van der Waals surface area (Å²) in [5.74, 6) is 1.86. The van der Waals surface area contributed by atoms with Crippen LogP contribution in [-0.2, 0) is 6.54 Å². The molecule has 1 saturated carbocycles. The van der Waals surface area contributed by atoms with Crippen LogP contribution in [0.5, 0.6) is 0 Å². The van der Waals surface area contributed by atoms with Crippen LogP contribution in [0.2, 0.25) is 0 Å². The van der Waals surface area contributed by atoms with E-state index in [-0.39, 0.29) is 0 Å². The fourth-order valence-corrected chi connectivity index (χ4v) is 3.06. The largest absolute Gasteiger partial charge is 0.326 e. The third-order valence-electron chi connectivity index (χ3n) is 4.25. The van der Waals surface area contributed by atoms with Crippen molar-refractivity contribution in [2.24, 2.45) is 5.92 Å². The van der Waals surface area contributed by atoms with Gasteiger partial charge in [-0.25, -0.2) is 4.98 Å². The van der Waals surface area contributed by atoms with Crippen molar-refractivity contribution in [3.63, 3.8) is 0 Å². The first-order valence-corrected chi connectivity index (χ1v) is 7.75. The number of rotatable bonds is 5. The van der Waals surface area contributed by atoms with Gasteiger partial charge in [-0.1, -0.05) is 50.3 Å². The highest BCUT2D eigenvalue weighted by Crippen LogP contribution is 2.27. The fraction of sp³-hybridized carbons (Fsp3) is 0.471. The minimum atomic E-state index is 0.913. The van der Waals surface area contributed by atoms with E-state index in [9.17, 15) is 0 Å². The van der Waals surface area contributed by atoms with E-state index in [1.165, 1.54) is 38.5 Å². The Morgan fingerprint density at radius 3 is 2.70 bits per heavy atom. The lowest BCUT2D eigenvalue weighted by atomic mass is 9.87. The normalized spacial score (nSPS) is 16.2. The molecule has 0 aliphatic heterocycles. The molecule has 0 atom stereocenters. The van der Waals surface area contributed by atoms with Crippen molar-refractivity contribution in [3.8, 4) is 0 Å². The molecule has 1 aliphatic rings. The van der Waals surface area contributed by atoms with Crippen molar-refractivity contribution in [1.82, 2.24) is 9.55 Å². The molecule has 1 aromatic carbocycles. The zero-order chi connectivity index (χ0) is 13.6. The number of aryl methyl sites for hydroxylation is 1. The van der Waals surface area contributed by atoms with E-state index in [0.717, 1.165) is 24.1 Å². The number of nitrogens with one attached hydrogen (secondary N) is 1. The summed E-state index contributed by atoms with van der Waals surface area (Å²) in [4.78, 5) is 4.43. The summed E-state index contributed by atoms with van der Waals surface area (Å²) in [6.45, 7) is 1.07. The SMILES string of the molecule is c1ccc(Nc2nccn2CCC2CCCCC2)cc1. The molecular weight excluding hydrogens is 246 g/mol. The molecule has 1 fully saturated rings. The molecule has 3 rings (SSSR count). The van der Waals surface area contributed by atoms with E-state index in [0.29, 0.717) is 0 Å². The van der Waals surface area contributed by atoms with Crippen molar-refractivity contribution in [1.29, 1.82) is 0 Å². The van der Waals surface area contributed by atoms with E-state index in [1.807, 2.05) is 24.4 Å². The second-order valence-electron chi connectivity index (χ2n) is 5.73. The van der Waals surface area contributed by atoms with Crippen LogP contribution in [-0.4, -0.2) is 9.55 Å². The molecule has 1 heterocycles. The molecule has 0 unspecified atom stereocenters. The lowest BCUT2D eigenvalue weighted by Crippen LogP contribution is -2.11. The van der Waals surface area contributed by atoms with Crippen LogP contribution in [0, 0.1) is 5.92 Å². The van der Waals surface area contributed by atoms with E-state index in [2.05, 4.69) is 33.2 Å². The number of anilines is 2. The molecular formula is C17H23N3. The Kier molecular flexibility index (Phi) is 4.36. The lowest BCUT2D eigenvalue weighted by Gasteiger charge is -2.21. The molecule has 1 aliphatic carbocycles. The molecule has 0 radical (unpaired) electrons. The predicted octanol–water partition coefficient (Wildman–Crippen LogP) is 4.60. The van der Waals surface area contributed by atoms with Crippen LogP contribution in [0.1, 0.15) is 38.5 Å². The third kappa shape index (κ3) is 3.41. The highest BCUT2D eigenvalue weighted by molar-refractivity contribution is 5.52. The maximum Gasteiger partial charge on any atom is 0.207 e. The van der Waals surface area contributed by atoms with Gasteiger partial charge in [0.15, 0.2) is 0 Å². The van der Waals surface area contributed by atoms with Gasteiger partial charge in [-0.2, -0.15) is 0 Å². The van der Waals surface area contributed by atoms with E-state index in [1.54, 1.807) is 0 Å². The van der Waals surface area contributed by atoms with Crippen LogP contribution in [0.15, 0.2) is 42.7 Å². The summed E-state index contributed by atoms with van der Waals surface area (Å²) in [6, 6.07) is 10.2. The molecule has 1 N–H and O–H groups in total. The van der Waals surface area contributed by atoms with E-state index >= 15 is 0 Å². The summed E-state index contributed by atoms with van der Waals surface area (Å²) >= 11 is 0. The molecule has 1 aromatic heterocycles. The standard InChI is InChI=1S/C17H23N3/c1-3-7-15(8-4-1)11-13-20-14-12-18-17(20)19-16-9-5-2-6-10-16/h2,5-6,9-10,12,14-15H,1,3-4,7-8,11,13H2,(H,18,19). The number of hydrogen-bond acceptors (Lipinski definition) is 2. The van der Waals surface area contributed by atoms with Gasteiger partial charge in [-0.3, -0.25) is 0 Å². The van der Waals surface area contributed by atoms with E-state index in [4.69, 9.17) is 0 Å². The first-order chi connectivity index (χ1) is 9.92. The van der Waals surface area contributed by atoms with Gasteiger partial charge in [-0.15, -0.1) is 0 Å². The number of aromatic nitrogens is 2. The Morgan fingerprint density at radius 2 is 1.90 bits per heavy atom. The van der Waals surface area contributed by atoms with E-state index < -0.39 is 0 Å². The molecule has 0 amide bonds. The lowest BCUT2D eigenvalue weighted by molar-refractivity contribution is 0.324. The summed E-state index contributed by atoms with van der Waals surface area (Å²) in [6.07, 6.45) is 12.3. The van der Waals surface area contributed by atoms with Gasteiger partial charge >= 0.3 is 0 Å². The molecule has 0 saturated heterocycles. The Labute approximate surface area is 121 Å². The number of nitrogens with zero attached hydrogens (tertiary/aromatic N) is 2. The molecule has 3 heteroatoms. The Hall–Kier alpha value is -1.77. The summed E-state index contributed by atoms with van der Waals surface area (Å²) in [5.41, 5.74) is 1.10. The predicted molar refractivity (Wildman–Crippen MR) is 83.1 cm³/mol. The summed E-state index contributed by atoms with van der Waals surface area (Å²) in [5, 5.41) is 3.39. The van der Waals surface area contributed by atoms with Crippen LogP contribution in [0.3, 0.4) is 0 Å². The van der Waals surface area contributed by atoms with Crippen LogP contribution >= 0.6 is 0 Å². The minimum Gasteiger partial charge on any atom is -0.326 e. The number of hydrogen-bond donors (Lipinski definition) is 1. The minimum absolute atomic E-state index is 0.913. The van der Waals surface area contributed by atoms with Crippen LogP contribution in [0.25, 0.3) is 0 Å². The number of benzene rings is 1. The smallest absolute Gasteiger partial charge is 0.207 e. The van der Waals surface area contributed by atoms with Crippen molar-refractivity contribution < 1.29 is 0 Å². The van der Waals surface area contributed by atoms with Gasteiger partial charge in [-0.05, 0) is 24.5 Å². The average Bonchev–Trinajstić information content (AvgIpc) is 2.94. The zero-order valence-electron chi connectivity index (χ0n) is 12.0. The van der Waals surface area contributed by atoms with Crippen LogP contribution < -0.4 is 5.32 Å². The maximum absolute atomic E-state index is 4.43. The van der Waals surface area contributed by atoms with Gasteiger partial charge in [0.25, 0.3) is 0 Å². The number of para-hydroxylation sites is 1. The fourth-order valence-electron chi connectivity index (χ4n) is 3.06. The quantitative estimate of drug-likeness (QED) is 0.860. The highest BCUT2D eigenvalue weighted by atomic mass is 15.2. The molecule has 0 bridgehead atoms. The maximum atomic E-state index is 4.43. The summed E-state index contributed by atoms with van der Waals surface area (Å²) in [7, 11) is 0. The number of imidazole rings is 1. The topological polar surface area (TPSA) is 29.9 Å². The Balaban J connectivity index is 1.58. The van der Waals surface area contributed by atoms with Crippen LogP contribution in [0.4, 0.5) is 11.6 Å². The second kappa shape index (κ2) is 6.60. The van der Waals surface area contributed by atoms with Gasteiger partial charge in [0, 0.05) is 24.6 Å². The first-order valence-electron chi connectivity index (χ1n) is 7.75. The monoisotopic (exact) mass is 269 g/mol. The summed E-state index contributed by atoms with van der Waals surface area (Å²) < 4.78 is 2.24. The zero-order valence-corrected chi connectivity index (χ0v) is 12.0. The molecule has 0 spiro atoms. The van der Waals surface area contributed by atoms with Crippen molar-refractivity contribution >= 4 is 11.6 Å². The van der Waals surface area contributed by atoms with Crippen molar-refractivity contribution in [2.75, 3.05) is 5.32 Å². The Morgan fingerprint density at radius 1 is 1.10 bits per heavy atom. The highest BCUT2D eigenvalue weighted by Gasteiger charge is 2.13. The van der Waals surface area contributed by atoms with Gasteiger partial charge in [0.2, 0.25) is 5.95 Å². The van der Waals surface area contributed by atoms with Crippen molar-refractivity contribution in [2.45, 2.75) is 45.1 Å². The van der Waals surface area contributed by atoms with Gasteiger partial charge < -0.3 is 9.88 Å². The molecule has 3 nitrogen and oxygen atoms in total. The third-order valence-corrected chi connectivity index (χ3v) is 4.25. The van der Waals surface area contributed by atoms with Gasteiger partial charge in [0.05, 0.1) is 0 Å². The second-order valence-corrected chi connectivity index (χ2v) is 5.73. The molecule has 20 heavy (non-hydrogen) atoms.